The van der Waals surface area contributed by atoms with E-state index in [0.29, 0.717) is 18.5 Å². The molecule has 0 radical (unpaired) electrons. The van der Waals surface area contributed by atoms with Crippen LogP contribution in [0.15, 0.2) is 28.7 Å². The average molecular weight is 339 g/mol. The summed E-state index contributed by atoms with van der Waals surface area (Å²) in [4.78, 5) is 2.13. The molecule has 2 aromatic rings. The lowest BCUT2D eigenvalue weighted by Gasteiger charge is -2.30. The van der Waals surface area contributed by atoms with Crippen LogP contribution in [0.4, 0.5) is 6.01 Å². The Morgan fingerprint density at radius 3 is 2.57 bits per heavy atom. The van der Waals surface area contributed by atoms with Crippen LogP contribution in [0.2, 0.25) is 0 Å². The summed E-state index contributed by atoms with van der Waals surface area (Å²) in [5.74, 6) is 1.56. The maximum Gasteiger partial charge on any atom is 0.318 e. The third-order valence-corrected chi connectivity index (χ3v) is 3.82. The van der Waals surface area contributed by atoms with Crippen LogP contribution in [-0.2, 0) is 6.54 Å². The first kappa shape index (κ1) is 17.6. The number of halogens is 1. The summed E-state index contributed by atoms with van der Waals surface area (Å²) in [6.07, 6.45) is 2.16. The number of nitrogens with one attached hydrogen (secondary N) is 1. The molecule has 0 spiro atoms. The zero-order valence-corrected chi connectivity index (χ0v) is 14.3. The van der Waals surface area contributed by atoms with Crippen molar-refractivity contribution in [3.63, 3.8) is 0 Å². The van der Waals surface area contributed by atoms with Gasteiger partial charge in [0.15, 0.2) is 0 Å². The Hall–Kier alpha value is -1.79. The monoisotopic (exact) mass is 338 g/mol. The highest BCUT2D eigenvalue weighted by molar-refractivity contribution is 5.85. The smallest absolute Gasteiger partial charge is 0.318 e. The number of piperidine rings is 1. The summed E-state index contributed by atoms with van der Waals surface area (Å²) in [6.45, 7) is 4.42. The summed E-state index contributed by atoms with van der Waals surface area (Å²) in [5.41, 5.74) is 1.25. The molecule has 1 aromatic heterocycles. The first-order valence-electron chi connectivity index (χ1n) is 7.70. The Morgan fingerprint density at radius 1 is 1.22 bits per heavy atom. The fraction of sp³-hybridized carbons (Fsp3) is 0.500. The van der Waals surface area contributed by atoms with E-state index < -0.39 is 0 Å². The fourth-order valence-electron chi connectivity index (χ4n) is 2.57. The van der Waals surface area contributed by atoms with Gasteiger partial charge in [-0.05, 0) is 26.1 Å². The van der Waals surface area contributed by atoms with E-state index in [1.54, 1.807) is 0 Å². The van der Waals surface area contributed by atoms with Crippen LogP contribution < -0.4 is 15.0 Å². The van der Waals surface area contributed by atoms with E-state index in [1.165, 1.54) is 5.56 Å². The number of hydrogen-bond donors (Lipinski definition) is 1. The van der Waals surface area contributed by atoms with E-state index >= 15 is 0 Å². The van der Waals surface area contributed by atoms with Crippen LogP contribution in [0.25, 0.3) is 0 Å². The van der Waals surface area contributed by atoms with Gasteiger partial charge in [0.1, 0.15) is 11.9 Å². The molecule has 0 unspecified atom stereocenters. The third kappa shape index (κ3) is 4.59. The quantitative estimate of drug-likeness (QED) is 0.904. The SMILES string of the molecule is CNCc1nnc(N2CCC(Oc3ccc(C)cc3)CC2)o1.Cl. The lowest BCUT2D eigenvalue weighted by molar-refractivity contribution is 0.169. The topological polar surface area (TPSA) is 63.4 Å². The molecule has 1 aliphatic heterocycles. The molecule has 23 heavy (non-hydrogen) atoms. The molecule has 126 valence electrons. The van der Waals surface area contributed by atoms with Crippen molar-refractivity contribution in [1.29, 1.82) is 0 Å². The highest BCUT2D eigenvalue weighted by Gasteiger charge is 2.24. The summed E-state index contributed by atoms with van der Waals surface area (Å²) >= 11 is 0. The van der Waals surface area contributed by atoms with Gasteiger partial charge >= 0.3 is 6.01 Å². The fourth-order valence-corrected chi connectivity index (χ4v) is 2.57. The minimum Gasteiger partial charge on any atom is -0.490 e. The van der Waals surface area contributed by atoms with Crippen LogP contribution in [-0.4, -0.2) is 36.4 Å². The maximum atomic E-state index is 6.03. The van der Waals surface area contributed by atoms with Gasteiger partial charge < -0.3 is 19.4 Å². The largest absolute Gasteiger partial charge is 0.490 e. The first-order valence-corrected chi connectivity index (χ1v) is 7.70. The highest BCUT2D eigenvalue weighted by atomic mass is 35.5. The molecule has 6 nitrogen and oxygen atoms in total. The van der Waals surface area contributed by atoms with Gasteiger partial charge in [-0.2, -0.15) is 0 Å². The zero-order valence-electron chi connectivity index (χ0n) is 13.5. The Balaban J connectivity index is 0.00000192. The summed E-state index contributed by atoms with van der Waals surface area (Å²) < 4.78 is 11.7. The maximum absolute atomic E-state index is 6.03. The van der Waals surface area contributed by atoms with E-state index in [4.69, 9.17) is 9.15 Å². The number of anilines is 1. The minimum absolute atomic E-state index is 0. The van der Waals surface area contributed by atoms with Gasteiger partial charge in [-0.1, -0.05) is 22.8 Å². The van der Waals surface area contributed by atoms with Crippen LogP contribution in [0.5, 0.6) is 5.75 Å². The van der Waals surface area contributed by atoms with Crippen molar-refractivity contribution in [3.05, 3.63) is 35.7 Å². The number of aromatic nitrogens is 2. The molecule has 1 aliphatic rings. The molecule has 0 aliphatic carbocycles. The molecule has 1 N–H and O–H groups in total. The molecule has 0 bridgehead atoms. The number of benzene rings is 1. The Labute approximate surface area is 142 Å². The first-order chi connectivity index (χ1) is 10.7. The van der Waals surface area contributed by atoms with E-state index in [2.05, 4.69) is 39.5 Å². The molecule has 2 heterocycles. The van der Waals surface area contributed by atoms with Crippen molar-refractivity contribution in [1.82, 2.24) is 15.5 Å². The van der Waals surface area contributed by atoms with Crippen molar-refractivity contribution in [2.24, 2.45) is 0 Å². The lowest BCUT2D eigenvalue weighted by Crippen LogP contribution is -2.38. The van der Waals surface area contributed by atoms with Crippen LogP contribution in [0, 0.1) is 6.92 Å². The number of hydrogen-bond acceptors (Lipinski definition) is 6. The molecular weight excluding hydrogens is 316 g/mol. The van der Waals surface area contributed by atoms with E-state index in [9.17, 15) is 0 Å². The van der Waals surface area contributed by atoms with Gasteiger partial charge in [-0.3, -0.25) is 0 Å². The van der Waals surface area contributed by atoms with E-state index in [0.717, 1.165) is 31.7 Å². The van der Waals surface area contributed by atoms with Gasteiger partial charge in [0.25, 0.3) is 0 Å². The van der Waals surface area contributed by atoms with Crippen molar-refractivity contribution >= 4 is 18.4 Å². The second-order valence-electron chi connectivity index (χ2n) is 5.63. The predicted molar refractivity (Wildman–Crippen MR) is 91.4 cm³/mol. The molecule has 0 amide bonds. The van der Waals surface area contributed by atoms with E-state index in [1.807, 2.05) is 19.2 Å². The molecule has 1 fully saturated rings. The molecule has 3 rings (SSSR count). The summed E-state index contributed by atoms with van der Waals surface area (Å²) in [5, 5.41) is 11.1. The summed E-state index contributed by atoms with van der Waals surface area (Å²) in [6, 6.07) is 8.82. The van der Waals surface area contributed by atoms with Crippen molar-refractivity contribution in [2.75, 3.05) is 25.0 Å². The standard InChI is InChI=1S/C16H22N4O2.ClH/c1-12-3-5-13(6-4-12)21-14-7-9-20(10-8-14)16-19-18-15(22-16)11-17-2;/h3-6,14,17H,7-11H2,1-2H3;1H. The van der Waals surface area contributed by atoms with Gasteiger partial charge in [0.05, 0.1) is 6.54 Å². The molecule has 1 aromatic carbocycles. The number of rotatable bonds is 5. The zero-order chi connectivity index (χ0) is 15.4. The average Bonchev–Trinajstić information content (AvgIpc) is 2.99. The molecule has 0 saturated carbocycles. The molecule has 7 heteroatoms. The van der Waals surface area contributed by atoms with Crippen LogP contribution in [0.1, 0.15) is 24.3 Å². The molecule has 0 atom stereocenters. The minimum atomic E-state index is 0. The normalized spacial score (nSPS) is 15.3. The third-order valence-electron chi connectivity index (χ3n) is 3.82. The van der Waals surface area contributed by atoms with Gasteiger partial charge in [0.2, 0.25) is 5.89 Å². The molecule has 1 saturated heterocycles. The highest BCUT2D eigenvalue weighted by Crippen LogP contribution is 2.22. The van der Waals surface area contributed by atoms with Gasteiger partial charge in [0, 0.05) is 25.9 Å². The summed E-state index contributed by atoms with van der Waals surface area (Å²) in [7, 11) is 1.86. The predicted octanol–water partition coefficient (Wildman–Crippen LogP) is 2.57. The number of ether oxygens (including phenoxy) is 1. The van der Waals surface area contributed by atoms with Gasteiger partial charge in [-0.15, -0.1) is 17.5 Å². The van der Waals surface area contributed by atoms with E-state index in [-0.39, 0.29) is 18.5 Å². The second kappa shape index (κ2) is 8.17. The number of aryl methyl sites for hydroxylation is 1. The Morgan fingerprint density at radius 2 is 1.91 bits per heavy atom. The van der Waals surface area contributed by atoms with Crippen LogP contribution >= 0.6 is 12.4 Å². The molecular formula is C16H23ClN4O2. The van der Waals surface area contributed by atoms with Crippen molar-refractivity contribution in [2.45, 2.75) is 32.4 Å². The second-order valence-corrected chi connectivity index (χ2v) is 5.63. The number of nitrogens with zero attached hydrogens (tertiary/aromatic N) is 3. The lowest BCUT2D eigenvalue weighted by atomic mass is 10.1. The Kier molecular flexibility index (Phi) is 6.24. The van der Waals surface area contributed by atoms with Crippen LogP contribution in [0.3, 0.4) is 0 Å². The van der Waals surface area contributed by atoms with Gasteiger partial charge in [-0.25, -0.2) is 0 Å². The van der Waals surface area contributed by atoms with Crippen molar-refractivity contribution < 1.29 is 9.15 Å². The van der Waals surface area contributed by atoms with Crippen molar-refractivity contribution in [3.8, 4) is 5.75 Å². The Bertz CT molecular complexity index is 594.